The average Bonchev–Trinajstić information content (AvgIpc) is 3.18. The molecule has 8 nitrogen and oxygen atoms in total. The molecule has 0 N–H and O–H groups in total. The summed E-state index contributed by atoms with van der Waals surface area (Å²) in [4.78, 5) is 62.9. The lowest BCUT2D eigenvalue weighted by molar-refractivity contribution is -0.222. The van der Waals surface area contributed by atoms with E-state index in [9.17, 15) is 19.2 Å². The van der Waals surface area contributed by atoms with E-state index >= 15 is 0 Å². The lowest BCUT2D eigenvalue weighted by Crippen LogP contribution is -2.45. The molecule has 0 radical (unpaired) electrons. The van der Waals surface area contributed by atoms with E-state index in [-0.39, 0.29) is 0 Å². The van der Waals surface area contributed by atoms with Crippen LogP contribution in [0.4, 0.5) is 0 Å². The maximum atomic E-state index is 12.8. The minimum absolute atomic E-state index is 0.293. The number of fused-ring (bicyclic) bond motifs is 2. The van der Waals surface area contributed by atoms with Gasteiger partial charge in [0.05, 0.1) is 22.3 Å². The largest absolute Gasteiger partial charge is 0.285 e. The number of nitrogens with zero attached hydrogens (tertiary/aromatic N) is 2. The first kappa shape index (κ1) is 20.5. The number of amides is 4. The lowest BCUT2D eigenvalue weighted by atomic mass is 9.96. The monoisotopic (exact) mass is 434 g/mol. The zero-order valence-electron chi connectivity index (χ0n) is 17.4. The number of carbonyl (C=O) groups is 4. The van der Waals surface area contributed by atoms with Crippen LogP contribution in [0.3, 0.4) is 0 Å². The molecular weight excluding hydrogens is 412 g/mol. The highest BCUT2D eigenvalue weighted by molar-refractivity contribution is 6.21. The Kier molecular flexibility index (Phi) is 5.32. The van der Waals surface area contributed by atoms with Crippen molar-refractivity contribution in [1.82, 2.24) is 10.1 Å². The van der Waals surface area contributed by atoms with Crippen LogP contribution in [0.1, 0.15) is 80.0 Å². The molecule has 0 spiro atoms. The Morgan fingerprint density at radius 2 is 0.844 bits per heavy atom. The Labute approximate surface area is 184 Å². The zero-order valence-corrected chi connectivity index (χ0v) is 17.4. The van der Waals surface area contributed by atoms with Gasteiger partial charge >= 0.3 is 0 Å². The molecule has 2 heterocycles. The van der Waals surface area contributed by atoms with Gasteiger partial charge in [-0.25, -0.2) is 0 Å². The van der Waals surface area contributed by atoms with Crippen molar-refractivity contribution in [2.45, 2.75) is 50.7 Å². The molecule has 3 aliphatic rings. The minimum atomic E-state index is -0.665. The third kappa shape index (κ3) is 3.41. The Hall–Kier alpha value is -3.36. The Morgan fingerprint density at radius 3 is 1.16 bits per heavy atom. The molecule has 2 aromatic carbocycles. The van der Waals surface area contributed by atoms with Crippen molar-refractivity contribution in [3.8, 4) is 0 Å². The SMILES string of the molecule is O=C1c2ccccc2C(=O)N1OC1CCCCCCC1ON1C(=O)c2ccccc2C1=O. The minimum Gasteiger partial charge on any atom is -0.266 e. The normalized spacial score (nSPS) is 23.2. The van der Waals surface area contributed by atoms with Crippen LogP contribution in [0.15, 0.2) is 48.5 Å². The van der Waals surface area contributed by atoms with Gasteiger partial charge in [-0.1, -0.05) is 49.9 Å². The molecule has 1 saturated carbocycles. The first-order valence-electron chi connectivity index (χ1n) is 10.9. The quantitative estimate of drug-likeness (QED) is 0.684. The molecule has 1 aliphatic carbocycles. The molecule has 0 saturated heterocycles. The van der Waals surface area contributed by atoms with E-state index in [0.717, 1.165) is 35.8 Å². The number of imide groups is 2. The van der Waals surface area contributed by atoms with Gasteiger partial charge in [0.2, 0.25) is 0 Å². The molecule has 2 aliphatic heterocycles. The highest BCUT2D eigenvalue weighted by Gasteiger charge is 2.43. The van der Waals surface area contributed by atoms with Crippen LogP contribution in [0.5, 0.6) is 0 Å². The third-order valence-electron chi connectivity index (χ3n) is 6.14. The topological polar surface area (TPSA) is 93.2 Å². The molecule has 5 rings (SSSR count). The second-order valence-electron chi connectivity index (χ2n) is 8.18. The van der Waals surface area contributed by atoms with Crippen molar-refractivity contribution in [2.75, 3.05) is 0 Å². The zero-order chi connectivity index (χ0) is 22.2. The van der Waals surface area contributed by atoms with E-state index in [1.807, 2.05) is 0 Å². The summed E-state index contributed by atoms with van der Waals surface area (Å²) >= 11 is 0. The van der Waals surface area contributed by atoms with Gasteiger partial charge in [-0.3, -0.25) is 28.9 Å². The number of carbonyl (C=O) groups excluding carboxylic acids is 4. The summed E-state index contributed by atoms with van der Waals surface area (Å²) in [6.07, 6.45) is 3.33. The Balaban J connectivity index is 1.37. The third-order valence-corrected chi connectivity index (χ3v) is 6.14. The first-order valence-corrected chi connectivity index (χ1v) is 10.9. The van der Waals surface area contributed by atoms with Crippen LogP contribution in [0.25, 0.3) is 0 Å². The Morgan fingerprint density at radius 1 is 0.531 bits per heavy atom. The van der Waals surface area contributed by atoms with Gasteiger partial charge in [0.25, 0.3) is 23.6 Å². The summed E-state index contributed by atoms with van der Waals surface area (Å²) in [6.45, 7) is 0. The van der Waals surface area contributed by atoms with Crippen LogP contribution in [-0.4, -0.2) is 46.0 Å². The maximum Gasteiger partial charge on any atom is 0.285 e. The molecule has 32 heavy (non-hydrogen) atoms. The smallest absolute Gasteiger partial charge is 0.266 e. The number of hydroxylamine groups is 4. The fourth-order valence-corrected chi connectivity index (χ4v) is 4.45. The molecule has 2 atom stereocenters. The fourth-order valence-electron chi connectivity index (χ4n) is 4.45. The molecule has 2 unspecified atom stereocenters. The van der Waals surface area contributed by atoms with E-state index in [2.05, 4.69) is 0 Å². The average molecular weight is 434 g/mol. The van der Waals surface area contributed by atoms with E-state index < -0.39 is 35.8 Å². The van der Waals surface area contributed by atoms with E-state index in [4.69, 9.17) is 9.68 Å². The van der Waals surface area contributed by atoms with Crippen molar-refractivity contribution in [1.29, 1.82) is 0 Å². The number of hydrogen-bond donors (Lipinski definition) is 0. The summed E-state index contributed by atoms with van der Waals surface area (Å²) in [6, 6.07) is 13.1. The van der Waals surface area contributed by atoms with Crippen LogP contribution in [0, 0.1) is 0 Å². The van der Waals surface area contributed by atoms with Gasteiger partial charge in [0, 0.05) is 0 Å². The van der Waals surface area contributed by atoms with E-state index in [0.29, 0.717) is 35.1 Å². The Bertz CT molecular complexity index is 956. The lowest BCUT2D eigenvalue weighted by Gasteiger charge is -2.32. The summed E-state index contributed by atoms with van der Waals surface area (Å²) < 4.78 is 0. The van der Waals surface area contributed by atoms with Gasteiger partial charge in [0.15, 0.2) is 0 Å². The maximum absolute atomic E-state index is 12.8. The number of rotatable bonds is 4. The van der Waals surface area contributed by atoms with Gasteiger partial charge in [0.1, 0.15) is 12.2 Å². The van der Waals surface area contributed by atoms with Crippen molar-refractivity contribution >= 4 is 23.6 Å². The highest BCUT2D eigenvalue weighted by Crippen LogP contribution is 2.31. The number of hydrogen-bond acceptors (Lipinski definition) is 6. The summed E-state index contributed by atoms with van der Waals surface area (Å²) in [5.74, 6) is -2.08. The first-order chi connectivity index (χ1) is 15.6. The molecule has 8 heteroatoms. The summed E-state index contributed by atoms with van der Waals surface area (Å²) in [5, 5.41) is 1.57. The van der Waals surface area contributed by atoms with Crippen molar-refractivity contribution in [2.24, 2.45) is 0 Å². The standard InChI is InChI=1S/C24H22N2O6/c27-21-15-9-5-6-10-16(15)22(28)25(21)31-19-13-3-1-2-4-14-20(19)32-26-23(29)17-11-7-8-12-18(17)24(26)30/h5-12,19-20H,1-4,13-14H2. The second-order valence-corrected chi connectivity index (χ2v) is 8.18. The molecule has 2 aromatic rings. The number of benzene rings is 2. The van der Waals surface area contributed by atoms with Gasteiger partial charge in [-0.2, -0.15) is 0 Å². The van der Waals surface area contributed by atoms with E-state index in [1.54, 1.807) is 48.5 Å². The molecule has 4 amide bonds. The van der Waals surface area contributed by atoms with Crippen LogP contribution < -0.4 is 0 Å². The predicted molar refractivity (Wildman–Crippen MR) is 111 cm³/mol. The fraction of sp³-hybridized carbons (Fsp3) is 0.333. The second kappa shape index (κ2) is 8.29. The molecular formula is C24H22N2O6. The van der Waals surface area contributed by atoms with E-state index in [1.165, 1.54) is 0 Å². The van der Waals surface area contributed by atoms with Crippen LogP contribution >= 0.6 is 0 Å². The van der Waals surface area contributed by atoms with Crippen LogP contribution in [0.2, 0.25) is 0 Å². The van der Waals surface area contributed by atoms with Gasteiger partial charge < -0.3 is 0 Å². The molecule has 1 fully saturated rings. The van der Waals surface area contributed by atoms with Crippen LogP contribution in [-0.2, 0) is 9.68 Å². The van der Waals surface area contributed by atoms with Crippen molar-refractivity contribution < 1.29 is 28.9 Å². The van der Waals surface area contributed by atoms with Crippen molar-refractivity contribution in [3.05, 3.63) is 70.8 Å². The molecule has 0 aromatic heterocycles. The van der Waals surface area contributed by atoms with Crippen molar-refractivity contribution in [3.63, 3.8) is 0 Å². The van der Waals surface area contributed by atoms with Gasteiger partial charge in [-0.15, -0.1) is 10.1 Å². The molecule has 0 bridgehead atoms. The highest BCUT2D eigenvalue weighted by atomic mass is 16.7. The summed E-state index contributed by atoms with van der Waals surface area (Å²) in [7, 11) is 0. The predicted octanol–water partition coefficient (Wildman–Crippen LogP) is 3.53. The molecule has 164 valence electrons. The summed E-state index contributed by atoms with van der Waals surface area (Å²) in [5.41, 5.74) is 1.17. The van der Waals surface area contributed by atoms with Gasteiger partial charge in [-0.05, 0) is 37.1 Å².